The van der Waals surface area contributed by atoms with E-state index in [2.05, 4.69) is 176 Å². The van der Waals surface area contributed by atoms with E-state index in [1.807, 2.05) is 2.89 Å². The van der Waals surface area contributed by atoms with Gasteiger partial charge in [-0.15, -0.1) is 0 Å². The molecular weight excluding hydrogens is 1370 g/mol. The van der Waals surface area contributed by atoms with Crippen molar-refractivity contribution in [3.8, 4) is 48.8 Å². The molecular formula is C78H126S6Sn2. The summed E-state index contributed by atoms with van der Waals surface area (Å²) >= 11 is 8.51. The number of hydrogen-bond acceptors (Lipinski definition) is 6. The van der Waals surface area contributed by atoms with Gasteiger partial charge in [0.25, 0.3) is 0 Å². The fraction of sp³-hybridized carbons (Fsp3) is 0.692. The summed E-state index contributed by atoms with van der Waals surface area (Å²) in [6, 6.07) is 16.5. The first-order valence-electron chi connectivity index (χ1n) is 36.5. The summed E-state index contributed by atoms with van der Waals surface area (Å²) < 4.78 is 3.60. The zero-order valence-electron chi connectivity index (χ0n) is 57.6. The second-order valence-corrected chi connectivity index (χ2v) is 65.4. The predicted molar refractivity (Wildman–Crippen MR) is 409 cm³/mol. The zero-order chi connectivity index (χ0) is 61.6. The summed E-state index contributed by atoms with van der Waals surface area (Å²) in [7, 11) is 0. The quantitative estimate of drug-likeness (QED) is 0.0264. The molecule has 0 aliphatic heterocycles. The third kappa shape index (κ3) is 24.9. The Morgan fingerprint density at radius 2 is 0.430 bits per heavy atom. The van der Waals surface area contributed by atoms with Crippen LogP contribution in [0.25, 0.3) is 48.8 Å². The fourth-order valence-corrected chi connectivity index (χ4v) is 33.0. The van der Waals surface area contributed by atoms with Crippen molar-refractivity contribution in [1.29, 1.82) is 0 Å². The van der Waals surface area contributed by atoms with Crippen LogP contribution in [0.15, 0.2) is 36.4 Å². The molecule has 0 saturated heterocycles. The monoisotopic (exact) mass is 1490 g/mol. The molecule has 0 atom stereocenters. The molecule has 86 heavy (non-hydrogen) atoms. The van der Waals surface area contributed by atoms with E-state index in [0.29, 0.717) is 0 Å². The van der Waals surface area contributed by atoms with Crippen molar-refractivity contribution in [2.45, 2.75) is 341 Å². The molecule has 0 fully saturated rings. The number of rotatable bonds is 49. The van der Waals surface area contributed by atoms with Crippen LogP contribution in [0.2, 0.25) is 29.6 Å². The molecule has 0 spiro atoms. The van der Waals surface area contributed by atoms with Gasteiger partial charge in [-0.25, -0.2) is 0 Å². The van der Waals surface area contributed by atoms with Gasteiger partial charge >= 0.3 is 491 Å². The van der Waals surface area contributed by atoms with Gasteiger partial charge in [0.05, 0.1) is 0 Å². The Morgan fingerprint density at radius 1 is 0.221 bits per heavy atom. The maximum atomic E-state index is 2.76. The van der Waals surface area contributed by atoms with Gasteiger partial charge < -0.3 is 0 Å². The van der Waals surface area contributed by atoms with Gasteiger partial charge in [-0.1, -0.05) is 79.1 Å². The molecule has 6 rings (SSSR count). The zero-order valence-corrected chi connectivity index (χ0v) is 68.2. The number of unbranched alkanes of at least 4 members (excludes halogenated alkanes) is 30. The van der Waals surface area contributed by atoms with Crippen LogP contribution in [-0.2, 0) is 38.5 Å². The van der Waals surface area contributed by atoms with E-state index in [1.165, 1.54) is 270 Å². The molecule has 0 saturated carbocycles. The molecule has 0 radical (unpaired) electrons. The van der Waals surface area contributed by atoms with Crippen molar-refractivity contribution in [3.63, 3.8) is 0 Å². The van der Waals surface area contributed by atoms with E-state index in [4.69, 9.17) is 0 Å². The molecule has 0 amide bonds. The fourth-order valence-electron chi connectivity index (χ4n) is 12.9. The Hall–Kier alpha value is -0.203. The molecule has 482 valence electrons. The van der Waals surface area contributed by atoms with Crippen LogP contribution in [0.5, 0.6) is 0 Å². The number of aryl methyl sites for hydroxylation is 6. The van der Waals surface area contributed by atoms with E-state index in [-0.39, 0.29) is 0 Å². The van der Waals surface area contributed by atoms with E-state index in [0.717, 1.165) is 0 Å². The van der Waals surface area contributed by atoms with Crippen LogP contribution >= 0.6 is 68.0 Å². The van der Waals surface area contributed by atoms with Crippen LogP contribution in [0.4, 0.5) is 0 Å². The first-order valence-corrected chi connectivity index (χ1v) is 61.4. The van der Waals surface area contributed by atoms with E-state index in [1.54, 1.807) is 85.0 Å². The van der Waals surface area contributed by atoms with Gasteiger partial charge in [0.2, 0.25) is 0 Å². The maximum absolute atomic E-state index is 2.76. The van der Waals surface area contributed by atoms with Crippen molar-refractivity contribution in [2.24, 2.45) is 0 Å². The van der Waals surface area contributed by atoms with E-state index >= 15 is 0 Å². The minimum absolute atomic E-state index is 1.20. The molecule has 6 heterocycles. The van der Waals surface area contributed by atoms with Crippen LogP contribution < -0.4 is 5.79 Å². The summed E-state index contributed by atoms with van der Waals surface area (Å²) in [4.78, 5) is 31.9. The van der Waals surface area contributed by atoms with Gasteiger partial charge in [-0.2, -0.15) is 0 Å². The third-order valence-electron chi connectivity index (χ3n) is 18.2. The van der Waals surface area contributed by atoms with Gasteiger partial charge in [-0.05, 0) is 0 Å². The second kappa shape index (κ2) is 41.5. The van der Waals surface area contributed by atoms with Gasteiger partial charge in [0, 0.05) is 0 Å². The van der Waals surface area contributed by atoms with Crippen LogP contribution in [0.3, 0.4) is 0 Å². The summed E-state index contributed by atoms with van der Waals surface area (Å²) in [5.74, 6) is 0. The first kappa shape index (κ1) is 74.8. The Kier molecular flexibility index (Phi) is 36.1. The van der Waals surface area contributed by atoms with Gasteiger partial charge in [0.1, 0.15) is 0 Å². The first-order chi connectivity index (χ1) is 41.7. The van der Waals surface area contributed by atoms with Gasteiger partial charge in [0.15, 0.2) is 0 Å². The Balaban J connectivity index is 1.47. The van der Waals surface area contributed by atoms with E-state index in [9.17, 15) is 0 Å². The summed E-state index contributed by atoms with van der Waals surface area (Å²) in [6.07, 6.45) is 56.3. The standard InChI is InChI=1S/C72H108S6.6CH3.2Sn/c1-7-13-19-25-31-37-43-57-51-63(74-56-57)69-59(45-39-33-27-21-15-9-3)53-65(76-69)71-61(47-41-35-29-23-17-11-5)55-67(78-71)72-62(48-42-36-30-24-18-12-6)54-66(77-72)70-60(46-40-34-28-22-16-10-4)52-64(75-70)68-58(49-50-73-68)44-38-32-26-20-14-8-2;;;;;;;;/h49,51-55H,7-48H2,1-6H3;6*1H3;;. The molecule has 8 heteroatoms. The average molecular weight is 1490 g/mol. The van der Waals surface area contributed by atoms with E-state index < -0.39 is 36.8 Å². The molecule has 6 aromatic heterocycles. The molecule has 6 aromatic rings. The van der Waals surface area contributed by atoms with Gasteiger partial charge in [-0.3, -0.25) is 0 Å². The molecule has 0 bridgehead atoms. The normalized spacial score (nSPS) is 12.3. The number of thiophene rings is 6. The van der Waals surface area contributed by atoms with Crippen molar-refractivity contribution >= 4 is 111 Å². The summed E-state index contributed by atoms with van der Waals surface area (Å²) in [6.45, 7) is 14.1. The molecule has 0 aliphatic rings. The van der Waals surface area contributed by atoms with Crippen molar-refractivity contribution in [3.05, 3.63) is 69.8 Å². The summed E-state index contributed by atoms with van der Waals surface area (Å²) in [5, 5.41) is 0. The Labute approximate surface area is 564 Å². The second-order valence-electron chi connectivity index (χ2n) is 28.4. The molecule has 0 unspecified atom stereocenters. The predicted octanol–water partition coefficient (Wildman–Crippen LogP) is 28.9. The van der Waals surface area contributed by atoms with Crippen molar-refractivity contribution in [2.75, 3.05) is 0 Å². The molecule has 0 N–H and O–H groups in total. The molecule has 0 aromatic carbocycles. The topological polar surface area (TPSA) is 0 Å². The van der Waals surface area contributed by atoms with Crippen molar-refractivity contribution < 1.29 is 0 Å². The van der Waals surface area contributed by atoms with Crippen LogP contribution in [0.1, 0.15) is 306 Å². The third-order valence-corrected chi connectivity index (χ3v) is 45.2. The molecule has 0 aliphatic carbocycles. The Morgan fingerprint density at radius 3 is 0.686 bits per heavy atom. The number of hydrogen-bond donors (Lipinski definition) is 0. The minimum atomic E-state index is -2.39. The average Bonchev–Trinajstić information content (AvgIpc) is 1.74. The van der Waals surface area contributed by atoms with Crippen LogP contribution in [-0.4, -0.2) is 36.8 Å². The molecule has 0 nitrogen and oxygen atoms in total. The Bertz CT molecular complexity index is 2750. The SMILES string of the molecule is CCCCCCCCc1cc(-c2sc(-c3s[c]([Sn]([CH3])([CH3])[CH3])cc3CCCCCCCC)cc2CCCCCCCC)sc1-c1cc(CCCCCCCC)c(-c2cc(CCCCCCCC)c(-c3cc(CCCCCCCC)[c]([Sn]([CH3])([CH3])[CH3])s3)s2)s1. The van der Waals surface area contributed by atoms with Crippen molar-refractivity contribution in [1.82, 2.24) is 0 Å². The summed E-state index contributed by atoms with van der Waals surface area (Å²) in [5.41, 5.74) is 9.96. The van der Waals surface area contributed by atoms with Crippen LogP contribution in [0, 0.1) is 0 Å².